The predicted octanol–water partition coefficient (Wildman–Crippen LogP) is 3.05. The minimum atomic E-state index is -0.608. The minimum absolute atomic E-state index is 0.533. The number of hydrogen-bond donors (Lipinski definition) is 0. The topological polar surface area (TPSA) is 47.9 Å². The van der Waals surface area contributed by atoms with E-state index >= 15 is 0 Å². The van der Waals surface area contributed by atoms with E-state index in [2.05, 4.69) is 4.99 Å². The lowest BCUT2D eigenvalue weighted by Gasteiger charge is -2.17. The number of rotatable bonds is 2. The van der Waals surface area contributed by atoms with Gasteiger partial charge in [-0.2, -0.15) is 4.99 Å². The largest absolute Gasteiger partial charge is 0.496 e. The fraction of sp³-hybridized carbons (Fsp3) is 0.385. The molecule has 4 heteroatoms. The molecule has 0 bridgehead atoms. The third kappa shape index (κ3) is 4.68. The van der Waals surface area contributed by atoms with E-state index < -0.39 is 11.7 Å². The van der Waals surface area contributed by atoms with Crippen molar-refractivity contribution in [3.05, 3.63) is 29.8 Å². The summed E-state index contributed by atoms with van der Waals surface area (Å²) in [5, 5.41) is 0. The number of para-hydroxylation sites is 1. The first-order valence-electron chi connectivity index (χ1n) is 5.32. The van der Waals surface area contributed by atoms with Crippen molar-refractivity contribution in [3.63, 3.8) is 0 Å². The smallest absolute Gasteiger partial charge is 0.434 e. The van der Waals surface area contributed by atoms with Crippen LogP contribution in [-0.2, 0) is 4.74 Å². The number of benzene rings is 1. The first-order valence-corrected chi connectivity index (χ1v) is 5.32. The van der Waals surface area contributed by atoms with Crippen molar-refractivity contribution >= 4 is 12.3 Å². The highest BCUT2D eigenvalue weighted by Gasteiger charge is 2.14. The van der Waals surface area contributed by atoms with Crippen molar-refractivity contribution in [1.82, 2.24) is 0 Å². The molecule has 0 saturated heterocycles. The molecule has 0 aliphatic rings. The Balaban J connectivity index is 2.74. The van der Waals surface area contributed by atoms with Crippen LogP contribution in [0, 0.1) is 0 Å². The van der Waals surface area contributed by atoms with Crippen LogP contribution in [-0.4, -0.2) is 25.0 Å². The molecule has 17 heavy (non-hydrogen) atoms. The molecule has 0 aliphatic carbocycles. The molecule has 1 amide bonds. The van der Waals surface area contributed by atoms with Crippen molar-refractivity contribution in [2.24, 2.45) is 4.99 Å². The Morgan fingerprint density at radius 1 is 1.29 bits per heavy atom. The van der Waals surface area contributed by atoms with Gasteiger partial charge in [-0.1, -0.05) is 12.1 Å². The Labute approximate surface area is 101 Å². The lowest BCUT2D eigenvalue weighted by atomic mass is 10.2. The monoisotopic (exact) mass is 235 g/mol. The molecule has 0 atom stereocenters. The van der Waals surface area contributed by atoms with Crippen LogP contribution in [0.5, 0.6) is 5.75 Å². The van der Waals surface area contributed by atoms with Crippen LogP contribution in [0.15, 0.2) is 29.3 Å². The third-order valence-electron chi connectivity index (χ3n) is 1.84. The molecule has 0 aromatic heterocycles. The summed E-state index contributed by atoms with van der Waals surface area (Å²) in [7, 11) is 1.57. The van der Waals surface area contributed by atoms with E-state index in [1.54, 1.807) is 33.9 Å². The number of aliphatic imine (C=N–C) groups is 1. The maximum absolute atomic E-state index is 11.4. The maximum Gasteiger partial charge on any atom is 0.434 e. The summed E-state index contributed by atoms with van der Waals surface area (Å²) in [6, 6.07) is 7.31. The fourth-order valence-corrected chi connectivity index (χ4v) is 1.18. The first-order chi connectivity index (χ1) is 7.92. The summed E-state index contributed by atoms with van der Waals surface area (Å²) in [6.07, 6.45) is 0.829. The van der Waals surface area contributed by atoms with Gasteiger partial charge in [-0.05, 0) is 32.9 Å². The summed E-state index contributed by atoms with van der Waals surface area (Å²) in [5.74, 6) is 0.666. The highest BCUT2D eigenvalue weighted by Crippen LogP contribution is 2.15. The zero-order valence-electron chi connectivity index (χ0n) is 10.6. The summed E-state index contributed by atoms with van der Waals surface area (Å²) in [5.41, 5.74) is 0.204. The molecule has 0 radical (unpaired) electrons. The first kappa shape index (κ1) is 13.2. The number of hydrogen-bond acceptors (Lipinski definition) is 3. The van der Waals surface area contributed by atoms with Crippen LogP contribution in [0.25, 0.3) is 0 Å². The van der Waals surface area contributed by atoms with E-state index in [1.165, 1.54) is 6.21 Å². The quantitative estimate of drug-likeness (QED) is 0.740. The second kappa shape index (κ2) is 5.48. The average molecular weight is 235 g/mol. The molecular formula is C13H17NO3. The molecule has 0 N–H and O–H groups in total. The van der Waals surface area contributed by atoms with Gasteiger partial charge in [-0.3, -0.25) is 0 Å². The van der Waals surface area contributed by atoms with E-state index in [1.807, 2.05) is 18.2 Å². The molecule has 4 nitrogen and oxygen atoms in total. The molecule has 0 fully saturated rings. The normalized spacial score (nSPS) is 11.5. The number of methoxy groups -OCH3 is 1. The second-order valence-corrected chi connectivity index (χ2v) is 4.48. The molecule has 1 rings (SSSR count). The Morgan fingerprint density at radius 2 is 1.94 bits per heavy atom. The molecule has 1 aromatic carbocycles. The van der Waals surface area contributed by atoms with Gasteiger partial charge < -0.3 is 9.47 Å². The van der Waals surface area contributed by atoms with Crippen molar-refractivity contribution in [3.8, 4) is 5.75 Å². The van der Waals surface area contributed by atoms with Crippen LogP contribution in [0.1, 0.15) is 26.3 Å². The Bertz CT molecular complexity index is 419. The number of amides is 1. The molecule has 1 aromatic rings. The summed E-state index contributed by atoms with van der Waals surface area (Å²) >= 11 is 0. The second-order valence-electron chi connectivity index (χ2n) is 4.48. The van der Waals surface area contributed by atoms with Crippen molar-refractivity contribution in [2.75, 3.05) is 7.11 Å². The minimum Gasteiger partial charge on any atom is -0.496 e. The standard InChI is InChI=1S/C13H17NO3/c1-13(2,3)17-12(15)14-9-10-7-5-6-8-11(10)16-4/h5-9H,1-4H3/b14-9+. The van der Waals surface area contributed by atoms with Gasteiger partial charge in [-0.15, -0.1) is 0 Å². The van der Waals surface area contributed by atoms with E-state index in [4.69, 9.17) is 9.47 Å². The van der Waals surface area contributed by atoms with E-state index in [9.17, 15) is 4.79 Å². The van der Waals surface area contributed by atoms with E-state index in [0.29, 0.717) is 5.75 Å². The van der Waals surface area contributed by atoms with Gasteiger partial charge in [0.2, 0.25) is 0 Å². The summed E-state index contributed by atoms with van der Waals surface area (Å²) in [4.78, 5) is 15.1. The predicted molar refractivity (Wildman–Crippen MR) is 66.8 cm³/mol. The Hall–Kier alpha value is -1.84. The van der Waals surface area contributed by atoms with Crippen molar-refractivity contribution in [1.29, 1.82) is 0 Å². The van der Waals surface area contributed by atoms with Gasteiger partial charge in [0.05, 0.1) is 7.11 Å². The maximum atomic E-state index is 11.4. The van der Waals surface area contributed by atoms with Gasteiger partial charge in [-0.25, -0.2) is 4.79 Å². The van der Waals surface area contributed by atoms with Crippen LogP contribution in [0.4, 0.5) is 4.79 Å². The van der Waals surface area contributed by atoms with Crippen molar-refractivity contribution in [2.45, 2.75) is 26.4 Å². The SMILES string of the molecule is COc1ccccc1/C=N/C(=O)OC(C)(C)C. The zero-order chi connectivity index (χ0) is 12.9. The van der Waals surface area contributed by atoms with Gasteiger partial charge in [0, 0.05) is 11.8 Å². The fourth-order valence-electron chi connectivity index (χ4n) is 1.18. The summed E-state index contributed by atoms with van der Waals surface area (Å²) < 4.78 is 10.2. The molecule has 0 heterocycles. The van der Waals surface area contributed by atoms with Gasteiger partial charge >= 0.3 is 6.09 Å². The number of nitrogens with zero attached hydrogens (tertiary/aromatic N) is 1. The molecule has 0 spiro atoms. The molecule has 0 saturated carbocycles. The molecule has 92 valence electrons. The number of carbonyl (C=O) groups is 1. The summed E-state index contributed by atoms with van der Waals surface area (Å²) in [6.45, 7) is 5.39. The number of carbonyl (C=O) groups excluding carboxylic acids is 1. The van der Waals surface area contributed by atoms with E-state index in [-0.39, 0.29) is 0 Å². The molecular weight excluding hydrogens is 218 g/mol. The lowest BCUT2D eigenvalue weighted by Crippen LogP contribution is -2.21. The van der Waals surface area contributed by atoms with Crippen molar-refractivity contribution < 1.29 is 14.3 Å². The highest BCUT2D eigenvalue weighted by atomic mass is 16.6. The van der Waals surface area contributed by atoms with E-state index in [0.717, 1.165) is 5.56 Å². The van der Waals surface area contributed by atoms with Crippen LogP contribution in [0.3, 0.4) is 0 Å². The number of ether oxygens (including phenoxy) is 2. The average Bonchev–Trinajstić information content (AvgIpc) is 2.24. The third-order valence-corrected chi connectivity index (χ3v) is 1.84. The van der Waals surface area contributed by atoms with Gasteiger partial charge in [0.15, 0.2) is 0 Å². The van der Waals surface area contributed by atoms with Crippen LogP contribution in [0.2, 0.25) is 0 Å². The zero-order valence-corrected chi connectivity index (χ0v) is 10.6. The van der Waals surface area contributed by atoms with Gasteiger partial charge in [0.25, 0.3) is 0 Å². The molecule has 0 unspecified atom stereocenters. The molecule has 0 aliphatic heterocycles. The highest BCUT2D eigenvalue weighted by molar-refractivity contribution is 5.91. The Morgan fingerprint density at radius 3 is 2.53 bits per heavy atom. The lowest BCUT2D eigenvalue weighted by molar-refractivity contribution is 0.0605. The van der Waals surface area contributed by atoms with Gasteiger partial charge in [0.1, 0.15) is 11.4 Å². The van der Waals surface area contributed by atoms with Crippen LogP contribution >= 0.6 is 0 Å². The van der Waals surface area contributed by atoms with Crippen LogP contribution < -0.4 is 4.74 Å². The Kier molecular flexibility index (Phi) is 4.26.